The van der Waals surface area contributed by atoms with Crippen LogP contribution in [0, 0.1) is 27.7 Å². The normalized spacial score (nSPS) is 17.6. The highest BCUT2D eigenvalue weighted by molar-refractivity contribution is 5.58. The third kappa shape index (κ3) is 1.00. The summed E-state index contributed by atoms with van der Waals surface area (Å²) in [4.78, 5) is 0. The van der Waals surface area contributed by atoms with Crippen LogP contribution in [0.4, 0.5) is 0 Å². The first-order valence-electron chi connectivity index (χ1n) is 5.46. The minimum Gasteiger partial charge on any atom is -0.0555 e. The first kappa shape index (κ1) is 9.76. The molecule has 0 N–H and O–H groups in total. The molecule has 76 valence electrons. The monoisotopic (exact) mass is 188 g/mol. The molecule has 0 saturated carbocycles. The SMILES string of the molecule is Cc1c(C)c(C)c2c(c1C)CC2(C)C. The predicted molar refractivity (Wildman–Crippen MR) is 62.1 cm³/mol. The van der Waals surface area contributed by atoms with E-state index >= 15 is 0 Å². The van der Waals surface area contributed by atoms with Crippen molar-refractivity contribution in [3.05, 3.63) is 33.4 Å². The van der Waals surface area contributed by atoms with Gasteiger partial charge in [-0.05, 0) is 72.9 Å². The first-order chi connectivity index (χ1) is 6.36. The zero-order valence-electron chi connectivity index (χ0n) is 10.2. The summed E-state index contributed by atoms with van der Waals surface area (Å²) in [7, 11) is 0. The fourth-order valence-electron chi connectivity index (χ4n) is 2.95. The lowest BCUT2D eigenvalue weighted by atomic mass is 9.62. The molecule has 0 radical (unpaired) electrons. The van der Waals surface area contributed by atoms with Gasteiger partial charge in [-0.3, -0.25) is 0 Å². The van der Waals surface area contributed by atoms with Gasteiger partial charge in [-0.2, -0.15) is 0 Å². The molecule has 0 aliphatic heterocycles. The molecule has 0 saturated heterocycles. The molecule has 0 atom stereocenters. The van der Waals surface area contributed by atoms with E-state index in [0.29, 0.717) is 5.41 Å². The number of fused-ring (bicyclic) bond motifs is 1. The second-order valence-electron chi connectivity index (χ2n) is 5.41. The maximum absolute atomic E-state index is 2.36. The molecule has 14 heavy (non-hydrogen) atoms. The second kappa shape index (κ2) is 2.62. The topological polar surface area (TPSA) is 0 Å². The highest BCUT2D eigenvalue weighted by Gasteiger charge is 2.37. The van der Waals surface area contributed by atoms with Crippen molar-refractivity contribution >= 4 is 0 Å². The lowest BCUT2D eigenvalue weighted by Crippen LogP contribution is -2.35. The average molecular weight is 188 g/mol. The maximum Gasteiger partial charge on any atom is -0.00575 e. The molecular formula is C14H20. The van der Waals surface area contributed by atoms with Gasteiger partial charge in [0.1, 0.15) is 0 Å². The minimum absolute atomic E-state index is 0.419. The maximum atomic E-state index is 2.36. The van der Waals surface area contributed by atoms with Gasteiger partial charge in [0.2, 0.25) is 0 Å². The summed E-state index contributed by atoms with van der Waals surface area (Å²) in [6.45, 7) is 13.8. The van der Waals surface area contributed by atoms with Crippen LogP contribution < -0.4 is 0 Å². The number of benzene rings is 1. The Morgan fingerprint density at radius 1 is 0.786 bits per heavy atom. The molecule has 1 aliphatic rings. The molecule has 1 aromatic rings. The third-order valence-corrected chi connectivity index (χ3v) is 4.11. The molecule has 0 nitrogen and oxygen atoms in total. The van der Waals surface area contributed by atoms with Gasteiger partial charge in [0.25, 0.3) is 0 Å². The summed E-state index contributed by atoms with van der Waals surface area (Å²) in [5.74, 6) is 0. The number of hydrogen-bond acceptors (Lipinski definition) is 0. The summed E-state index contributed by atoms with van der Waals surface area (Å²) < 4.78 is 0. The molecule has 0 bridgehead atoms. The van der Waals surface area contributed by atoms with Crippen LogP contribution in [0.5, 0.6) is 0 Å². The Morgan fingerprint density at radius 2 is 1.29 bits per heavy atom. The van der Waals surface area contributed by atoms with Crippen molar-refractivity contribution in [3.63, 3.8) is 0 Å². The van der Waals surface area contributed by atoms with Gasteiger partial charge in [0, 0.05) is 0 Å². The van der Waals surface area contributed by atoms with Crippen molar-refractivity contribution in [3.8, 4) is 0 Å². The van der Waals surface area contributed by atoms with Gasteiger partial charge in [-0.15, -0.1) is 0 Å². The van der Waals surface area contributed by atoms with Crippen molar-refractivity contribution < 1.29 is 0 Å². The molecule has 1 aliphatic carbocycles. The van der Waals surface area contributed by atoms with E-state index in [9.17, 15) is 0 Å². The smallest absolute Gasteiger partial charge is 0.00575 e. The Bertz CT molecular complexity index is 386. The van der Waals surface area contributed by atoms with Crippen LogP contribution in [0.25, 0.3) is 0 Å². The van der Waals surface area contributed by atoms with Gasteiger partial charge in [-0.1, -0.05) is 13.8 Å². The summed E-state index contributed by atoms with van der Waals surface area (Å²) in [5, 5.41) is 0. The van der Waals surface area contributed by atoms with Gasteiger partial charge < -0.3 is 0 Å². The molecule has 0 aromatic heterocycles. The van der Waals surface area contributed by atoms with Crippen LogP contribution in [0.15, 0.2) is 0 Å². The third-order valence-electron chi connectivity index (χ3n) is 4.11. The van der Waals surface area contributed by atoms with Crippen molar-refractivity contribution in [1.29, 1.82) is 0 Å². The van der Waals surface area contributed by atoms with E-state index in [1.807, 2.05) is 0 Å². The Labute approximate surface area is 87.3 Å². The van der Waals surface area contributed by atoms with E-state index in [4.69, 9.17) is 0 Å². The molecule has 0 heterocycles. The van der Waals surface area contributed by atoms with Crippen LogP contribution in [0.1, 0.15) is 47.2 Å². The Kier molecular flexibility index (Phi) is 1.83. The van der Waals surface area contributed by atoms with E-state index in [-0.39, 0.29) is 0 Å². The summed E-state index contributed by atoms with van der Waals surface area (Å²) in [6, 6.07) is 0. The number of rotatable bonds is 0. The van der Waals surface area contributed by atoms with Crippen LogP contribution in [0.2, 0.25) is 0 Å². The van der Waals surface area contributed by atoms with Crippen molar-refractivity contribution in [1.82, 2.24) is 0 Å². The number of hydrogen-bond donors (Lipinski definition) is 0. The van der Waals surface area contributed by atoms with Crippen LogP contribution in [-0.2, 0) is 11.8 Å². The van der Waals surface area contributed by atoms with Gasteiger partial charge in [0.15, 0.2) is 0 Å². The predicted octanol–water partition coefficient (Wildman–Crippen LogP) is 3.75. The van der Waals surface area contributed by atoms with Crippen molar-refractivity contribution in [2.75, 3.05) is 0 Å². The molecule has 0 amide bonds. The van der Waals surface area contributed by atoms with Gasteiger partial charge >= 0.3 is 0 Å². The van der Waals surface area contributed by atoms with Gasteiger partial charge in [-0.25, -0.2) is 0 Å². The Morgan fingerprint density at radius 3 is 1.79 bits per heavy atom. The largest absolute Gasteiger partial charge is 0.0555 e. The summed E-state index contributed by atoms with van der Waals surface area (Å²) >= 11 is 0. The van der Waals surface area contributed by atoms with Crippen LogP contribution in [-0.4, -0.2) is 0 Å². The van der Waals surface area contributed by atoms with Crippen molar-refractivity contribution in [2.45, 2.75) is 53.4 Å². The quantitative estimate of drug-likeness (QED) is 0.581. The van der Waals surface area contributed by atoms with Crippen LogP contribution in [0.3, 0.4) is 0 Å². The Hall–Kier alpha value is -0.780. The fraction of sp³-hybridized carbons (Fsp3) is 0.571. The average Bonchev–Trinajstić information content (AvgIpc) is 2.09. The minimum atomic E-state index is 0.419. The lowest BCUT2D eigenvalue weighted by Gasteiger charge is -2.42. The zero-order valence-corrected chi connectivity index (χ0v) is 10.2. The molecule has 0 spiro atoms. The molecule has 2 rings (SSSR count). The zero-order chi connectivity index (χ0) is 10.7. The van der Waals surface area contributed by atoms with E-state index in [0.717, 1.165) is 0 Å². The molecule has 1 aromatic carbocycles. The van der Waals surface area contributed by atoms with Crippen molar-refractivity contribution in [2.24, 2.45) is 0 Å². The van der Waals surface area contributed by atoms with E-state index in [2.05, 4.69) is 41.5 Å². The highest BCUT2D eigenvalue weighted by Crippen LogP contribution is 2.46. The molecule has 0 heteroatoms. The highest BCUT2D eigenvalue weighted by atomic mass is 14.4. The van der Waals surface area contributed by atoms with Crippen LogP contribution >= 0.6 is 0 Å². The molecule has 0 fully saturated rings. The van der Waals surface area contributed by atoms with Gasteiger partial charge in [0.05, 0.1) is 0 Å². The van der Waals surface area contributed by atoms with E-state index in [1.54, 1.807) is 11.1 Å². The lowest BCUT2D eigenvalue weighted by molar-refractivity contribution is 0.448. The summed E-state index contributed by atoms with van der Waals surface area (Å²) in [5.41, 5.74) is 9.71. The molecule has 0 unspecified atom stereocenters. The first-order valence-corrected chi connectivity index (χ1v) is 5.46. The fourth-order valence-corrected chi connectivity index (χ4v) is 2.95. The standard InChI is InChI=1S/C14H20/c1-8-9(2)11(4)13-12(10(8)3)7-14(13,5)6/h7H2,1-6H3. The van der Waals surface area contributed by atoms with E-state index < -0.39 is 0 Å². The molecular weight excluding hydrogens is 168 g/mol. The second-order valence-corrected chi connectivity index (χ2v) is 5.41. The summed E-state index contributed by atoms with van der Waals surface area (Å²) in [6.07, 6.45) is 1.26. The Balaban J connectivity index is 2.77. The van der Waals surface area contributed by atoms with E-state index in [1.165, 1.54) is 28.7 Å².